The van der Waals surface area contributed by atoms with E-state index in [1.54, 1.807) is 6.07 Å². The van der Waals surface area contributed by atoms with Crippen molar-refractivity contribution in [2.45, 2.75) is 4.87 Å². The van der Waals surface area contributed by atoms with Gasteiger partial charge >= 0.3 is 0 Å². The minimum Gasteiger partial charge on any atom is -0.770 e. The van der Waals surface area contributed by atoms with Crippen LogP contribution in [0.15, 0.2) is 24.4 Å². The fourth-order valence-corrected chi connectivity index (χ4v) is 1.31. The Balaban J connectivity index is 3.27. The summed E-state index contributed by atoms with van der Waals surface area (Å²) in [4.78, 5) is 1.47. The monoisotopic (exact) mass is 212 g/mol. The molecule has 1 aromatic rings. The Morgan fingerprint density at radius 1 is 1.71 bits per heavy atom. The van der Waals surface area contributed by atoms with Crippen LogP contribution in [0, 0.1) is 11.3 Å². The molecule has 0 amide bonds. The van der Waals surface area contributed by atoms with Gasteiger partial charge in [-0.2, -0.15) is 10.7 Å². The maximum absolute atomic E-state index is 10.8. The molecule has 0 saturated carbocycles. The molecular formula is C7H6N3O3S-. The third kappa shape index (κ3) is 1.64. The van der Waals surface area contributed by atoms with Crippen LogP contribution in [0.4, 0.5) is 0 Å². The molecule has 0 spiro atoms. The summed E-state index contributed by atoms with van der Waals surface area (Å²) in [6.45, 7) is 0. The lowest BCUT2D eigenvalue weighted by atomic mass is 10.2. The normalized spacial score (nSPS) is 16.6. The van der Waals surface area contributed by atoms with E-state index in [4.69, 9.17) is 10.5 Å². The van der Waals surface area contributed by atoms with Crippen molar-refractivity contribution in [1.29, 1.82) is 5.26 Å². The molecule has 2 N–H and O–H groups in total. The van der Waals surface area contributed by atoms with Crippen molar-refractivity contribution in [1.82, 2.24) is 10.5 Å². The summed E-state index contributed by atoms with van der Waals surface area (Å²) >= 11 is -2.85. The molecule has 0 radical (unpaired) electrons. The molecule has 6 nitrogen and oxygen atoms in total. The van der Waals surface area contributed by atoms with Gasteiger partial charge in [0, 0.05) is 6.20 Å². The van der Waals surface area contributed by atoms with E-state index in [0.29, 0.717) is 0 Å². The highest BCUT2D eigenvalue weighted by molar-refractivity contribution is 7.80. The zero-order valence-electron chi connectivity index (χ0n) is 6.88. The van der Waals surface area contributed by atoms with Crippen molar-refractivity contribution in [2.75, 3.05) is 0 Å². The number of nitrogens with one attached hydrogen (secondary N) is 1. The molecule has 0 fully saturated rings. The topological polar surface area (TPSA) is 109 Å². The summed E-state index contributed by atoms with van der Waals surface area (Å²) in [6, 6.07) is 5.85. The van der Waals surface area contributed by atoms with Crippen LogP contribution in [-0.2, 0) is 16.0 Å². The standard InChI is InChI=1S/C7H7N3O3S/c8-5-7(10-11,14(12)13)6-3-1-2-4-9-6/h1-4,10-11H,(H,12,13)/p-1/t7-/m1/s1. The Morgan fingerprint density at radius 2 is 2.43 bits per heavy atom. The summed E-state index contributed by atoms with van der Waals surface area (Å²) < 4.78 is 21.6. The summed E-state index contributed by atoms with van der Waals surface area (Å²) in [5.74, 6) is 0. The van der Waals surface area contributed by atoms with Crippen molar-refractivity contribution >= 4 is 11.1 Å². The SMILES string of the molecule is N#C[C@](NO)(c1ccccn1)S(=O)[O-]. The number of aromatic nitrogens is 1. The van der Waals surface area contributed by atoms with Crippen LogP contribution in [0.3, 0.4) is 0 Å². The molecule has 7 heteroatoms. The first-order valence-corrected chi connectivity index (χ1v) is 4.58. The molecule has 0 aliphatic heterocycles. The quantitative estimate of drug-likeness (QED) is 0.522. The summed E-state index contributed by atoms with van der Waals surface area (Å²) in [5, 5.41) is 17.4. The molecule has 1 aromatic heterocycles. The highest BCUT2D eigenvalue weighted by Gasteiger charge is 2.34. The highest BCUT2D eigenvalue weighted by Crippen LogP contribution is 2.20. The second-order valence-corrected chi connectivity index (χ2v) is 3.44. The molecule has 1 rings (SSSR count). The zero-order chi connectivity index (χ0) is 10.6. The van der Waals surface area contributed by atoms with Crippen LogP contribution in [0.2, 0.25) is 0 Å². The Hall–Kier alpha value is -1.33. The molecule has 0 bridgehead atoms. The van der Waals surface area contributed by atoms with E-state index >= 15 is 0 Å². The Morgan fingerprint density at radius 3 is 2.79 bits per heavy atom. The molecule has 74 valence electrons. The van der Waals surface area contributed by atoms with Crippen molar-refractivity contribution in [3.63, 3.8) is 0 Å². The van der Waals surface area contributed by atoms with Gasteiger partial charge in [0.15, 0.2) is 0 Å². The van der Waals surface area contributed by atoms with Gasteiger partial charge in [0.1, 0.15) is 6.07 Å². The third-order valence-corrected chi connectivity index (χ3v) is 2.48. The van der Waals surface area contributed by atoms with E-state index < -0.39 is 16.0 Å². The predicted octanol–water partition coefficient (Wildman–Crippen LogP) is -0.384. The lowest BCUT2D eigenvalue weighted by molar-refractivity contribution is 0.125. The van der Waals surface area contributed by atoms with Gasteiger partial charge in [-0.3, -0.25) is 9.19 Å². The Bertz CT molecular complexity index is 378. The number of pyridine rings is 1. The minimum absolute atomic E-state index is 0.0849. The first-order valence-electron chi connectivity index (χ1n) is 3.51. The van der Waals surface area contributed by atoms with Gasteiger partial charge < -0.3 is 9.76 Å². The average molecular weight is 212 g/mol. The van der Waals surface area contributed by atoms with Crippen LogP contribution in [0.25, 0.3) is 0 Å². The molecule has 1 unspecified atom stereocenters. The van der Waals surface area contributed by atoms with E-state index in [9.17, 15) is 8.76 Å². The van der Waals surface area contributed by atoms with Crippen LogP contribution in [0.1, 0.15) is 5.69 Å². The predicted molar refractivity (Wildman–Crippen MR) is 45.4 cm³/mol. The van der Waals surface area contributed by atoms with E-state index in [1.165, 1.54) is 29.9 Å². The molecule has 0 saturated heterocycles. The summed E-state index contributed by atoms with van der Waals surface area (Å²) in [6.07, 6.45) is 1.33. The Kier molecular flexibility index (Phi) is 3.27. The number of hydrogen-bond donors (Lipinski definition) is 2. The zero-order valence-corrected chi connectivity index (χ0v) is 7.69. The van der Waals surface area contributed by atoms with Gasteiger partial charge in [0.05, 0.1) is 5.69 Å². The van der Waals surface area contributed by atoms with Gasteiger partial charge in [0.2, 0.25) is 4.87 Å². The van der Waals surface area contributed by atoms with Crippen LogP contribution < -0.4 is 5.48 Å². The molecule has 0 aromatic carbocycles. The molecule has 0 aliphatic rings. The maximum Gasteiger partial charge on any atom is 0.232 e. The van der Waals surface area contributed by atoms with Crippen molar-refractivity contribution in [3.8, 4) is 6.07 Å². The fraction of sp³-hybridized carbons (Fsp3) is 0.143. The van der Waals surface area contributed by atoms with E-state index in [2.05, 4.69) is 4.98 Å². The molecule has 14 heavy (non-hydrogen) atoms. The van der Waals surface area contributed by atoms with E-state index in [-0.39, 0.29) is 5.69 Å². The van der Waals surface area contributed by atoms with Gasteiger partial charge in [0.25, 0.3) is 0 Å². The number of hydroxylamine groups is 1. The largest absolute Gasteiger partial charge is 0.770 e. The first kappa shape index (κ1) is 10.7. The molecule has 1 heterocycles. The van der Waals surface area contributed by atoms with E-state index in [1.807, 2.05) is 0 Å². The second kappa shape index (κ2) is 4.26. The fourth-order valence-electron chi connectivity index (χ4n) is 0.870. The Labute approximate surface area is 82.4 Å². The third-order valence-electron chi connectivity index (χ3n) is 1.59. The van der Waals surface area contributed by atoms with Crippen LogP contribution in [-0.4, -0.2) is 19.0 Å². The number of nitriles is 1. The lowest BCUT2D eigenvalue weighted by Gasteiger charge is -2.25. The molecule has 0 aliphatic carbocycles. The highest BCUT2D eigenvalue weighted by atomic mass is 32.2. The number of nitrogens with zero attached hydrogens (tertiary/aromatic N) is 2. The van der Waals surface area contributed by atoms with Crippen molar-refractivity contribution in [2.24, 2.45) is 0 Å². The van der Waals surface area contributed by atoms with E-state index in [0.717, 1.165) is 0 Å². The van der Waals surface area contributed by atoms with Crippen molar-refractivity contribution < 1.29 is 14.0 Å². The summed E-state index contributed by atoms with van der Waals surface area (Å²) in [5.41, 5.74) is 1.36. The summed E-state index contributed by atoms with van der Waals surface area (Å²) in [7, 11) is 0. The van der Waals surface area contributed by atoms with Gasteiger partial charge in [-0.15, -0.1) is 0 Å². The smallest absolute Gasteiger partial charge is 0.232 e. The molecule has 2 atom stereocenters. The minimum atomic E-state index is -2.85. The average Bonchev–Trinajstić information content (AvgIpc) is 2.22. The van der Waals surface area contributed by atoms with Gasteiger partial charge in [-0.05, 0) is 23.2 Å². The van der Waals surface area contributed by atoms with Crippen LogP contribution >= 0.6 is 0 Å². The first-order chi connectivity index (χ1) is 6.67. The second-order valence-electron chi connectivity index (χ2n) is 2.35. The van der Waals surface area contributed by atoms with Crippen molar-refractivity contribution in [3.05, 3.63) is 30.1 Å². The lowest BCUT2D eigenvalue weighted by Crippen LogP contribution is -2.43. The van der Waals surface area contributed by atoms with Crippen LogP contribution in [0.5, 0.6) is 0 Å². The molecular weight excluding hydrogens is 206 g/mol. The number of rotatable bonds is 3. The van der Waals surface area contributed by atoms with Gasteiger partial charge in [-0.1, -0.05) is 6.07 Å². The maximum atomic E-state index is 10.8. The van der Waals surface area contributed by atoms with Gasteiger partial charge in [-0.25, -0.2) is 0 Å². The number of hydrogen-bond acceptors (Lipinski definition) is 6.